The largest absolute Gasteiger partial charge is 0.366 e. The zero-order valence-corrected chi connectivity index (χ0v) is 11.0. The molecule has 0 spiro atoms. The SMILES string of the molecule is N#Cc1cc(C(C#N)Nc2cccc(Cl)c2)ccc1F. The summed E-state index contributed by atoms with van der Waals surface area (Å²) in [6.45, 7) is 0. The quantitative estimate of drug-likeness (QED) is 0.926. The first-order chi connectivity index (χ1) is 9.63. The van der Waals surface area contributed by atoms with Gasteiger partial charge in [-0.3, -0.25) is 0 Å². The number of rotatable bonds is 3. The topological polar surface area (TPSA) is 59.6 Å². The Morgan fingerprint density at radius 1 is 1.15 bits per heavy atom. The van der Waals surface area contributed by atoms with Gasteiger partial charge in [-0.25, -0.2) is 4.39 Å². The van der Waals surface area contributed by atoms with Gasteiger partial charge in [0.15, 0.2) is 0 Å². The normalized spacial score (nSPS) is 11.2. The van der Waals surface area contributed by atoms with Crippen LogP contribution in [0.5, 0.6) is 0 Å². The standard InChI is InChI=1S/C15H9ClFN3/c16-12-2-1-3-13(7-12)20-15(9-19)10-4-5-14(17)11(6-10)8-18/h1-7,15,20H. The van der Waals surface area contributed by atoms with Gasteiger partial charge < -0.3 is 5.32 Å². The molecule has 5 heteroatoms. The molecule has 98 valence electrons. The van der Waals surface area contributed by atoms with Crippen LogP contribution < -0.4 is 5.32 Å². The zero-order chi connectivity index (χ0) is 14.5. The molecule has 3 nitrogen and oxygen atoms in total. The van der Waals surface area contributed by atoms with E-state index in [0.29, 0.717) is 16.3 Å². The Labute approximate surface area is 120 Å². The van der Waals surface area contributed by atoms with Gasteiger partial charge in [0.05, 0.1) is 11.6 Å². The molecule has 0 heterocycles. The fraction of sp³-hybridized carbons (Fsp3) is 0.0667. The zero-order valence-electron chi connectivity index (χ0n) is 10.3. The molecule has 0 bridgehead atoms. The molecule has 0 radical (unpaired) electrons. The number of anilines is 1. The monoisotopic (exact) mass is 285 g/mol. The summed E-state index contributed by atoms with van der Waals surface area (Å²) in [7, 11) is 0. The van der Waals surface area contributed by atoms with Gasteiger partial charge in [-0.1, -0.05) is 23.7 Å². The van der Waals surface area contributed by atoms with Crippen molar-refractivity contribution in [3.63, 3.8) is 0 Å². The number of hydrogen-bond donors (Lipinski definition) is 1. The van der Waals surface area contributed by atoms with Gasteiger partial charge in [0.25, 0.3) is 0 Å². The highest BCUT2D eigenvalue weighted by Crippen LogP contribution is 2.23. The summed E-state index contributed by atoms with van der Waals surface area (Å²) in [6, 6.07) is 14.1. The second-order valence-corrected chi connectivity index (χ2v) is 4.50. The summed E-state index contributed by atoms with van der Waals surface area (Å²) in [5.74, 6) is -0.601. The molecule has 0 saturated carbocycles. The van der Waals surface area contributed by atoms with Crippen LogP contribution in [0, 0.1) is 28.5 Å². The van der Waals surface area contributed by atoms with E-state index >= 15 is 0 Å². The maximum Gasteiger partial charge on any atom is 0.140 e. The number of nitrogens with one attached hydrogen (secondary N) is 1. The molecule has 2 rings (SSSR count). The van der Waals surface area contributed by atoms with Crippen LogP contribution >= 0.6 is 11.6 Å². The van der Waals surface area contributed by atoms with Crippen molar-refractivity contribution in [3.8, 4) is 12.1 Å². The lowest BCUT2D eigenvalue weighted by Crippen LogP contribution is -2.09. The van der Waals surface area contributed by atoms with E-state index in [1.54, 1.807) is 30.3 Å². The van der Waals surface area contributed by atoms with E-state index in [1.165, 1.54) is 18.2 Å². The van der Waals surface area contributed by atoms with Crippen LogP contribution in [-0.2, 0) is 0 Å². The molecule has 0 fully saturated rings. The molecular formula is C15H9ClFN3. The van der Waals surface area contributed by atoms with E-state index in [9.17, 15) is 9.65 Å². The average Bonchev–Trinajstić information content (AvgIpc) is 2.45. The van der Waals surface area contributed by atoms with Crippen molar-refractivity contribution in [1.29, 1.82) is 10.5 Å². The van der Waals surface area contributed by atoms with Gasteiger partial charge >= 0.3 is 0 Å². The third-order valence-corrected chi connectivity index (χ3v) is 2.94. The molecule has 0 aliphatic rings. The maximum atomic E-state index is 13.3. The van der Waals surface area contributed by atoms with E-state index in [0.717, 1.165) is 0 Å². The Morgan fingerprint density at radius 2 is 1.95 bits per heavy atom. The van der Waals surface area contributed by atoms with Crippen molar-refractivity contribution in [2.24, 2.45) is 0 Å². The summed E-state index contributed by atoms with van der Waals surface area (Å²) in [4.78, 5) is 0. The summed E-state index contributed by atoms with van der Waals surface area (Å²) in [5.41, 5.74) is 1.10. The summed E-state index contributed by atoms with van der Waals surface area (Å²) < 4.78 is 13.3. The van der Waals surface area contributed by atoms with Gasteiger partial charge in [-0.2, -0.15) is 10.5 Å². The molecule has 2 aromatic rings. The Hall–Kier alpha value is -2.56. The first kappa shape index (κ1) is 13.9. The summed E-state index contributed by atoms with van der Waals surface area (Å²) in [6.07, 6.45) is 0. The molecule has 1 atom stereocenters. The fourth-order valence-electron chi connectivity index (χ4n) is 1.74. The predicted molar refractivity (Wildman–Crippen MR) is 74.5 cm³/mol. The van der Waals surface area contributed by atoms with Crippen LogP contribution in [-0.4, -0.2) is 0 Å². The van der Waals surface area contributed by atoms with Crippen molar-refractivity contribution in [2.75, 3.05) is 5.32 Å². The van der Waals surface area contributed by atoms with Crippen LogP contribution in [0.4, 0.5) is 10.1 Å². The fourth-order valence-corrected chi connectivity index (χ4v) is 1.93. The molecule has 1 N–H and O–H groups in total. The number of nitriles is 2. The Kier molecular flexibility index (Phi) is 4.20. The van der Waals surface area contributed by atoms with E-state index in [2.05, 4.69) is 11.4 Å². The van der Waals surface area contributed by atoms with E-state index in [-0.39, 0.29) is 5.56 Å². The lowest BCUT2D eigenvalue weighted by Gasteiger charge is -2.14. The number of hydrogen-bond acceptors (Lipinski definition) is 3. The average molecular weight is 286 g/mol. The van der Waals surface area contributed by atoms with Crippen LogP contribution in [0.3, 0.4) is 0 Å². The lowest BCUT2D eigenvalue weighted by atomic mass is 10.0. The van der Waals surface area contributed by atoms with Crippen molar-refractivity contribution >= 4 is 17.3 Å². The van der Waals surface area contributed by atoms with Crippen molar-refractivity contribution in [3.05, 3.63) is 64.4 Å². The van der Waals surface area contributed by atoms with Crippen LogP contribution in [0.1, 0.15) is 17.2 Å². The highest BCUT2D eigenvalue weighted by Gasteiger charge is 2.13. The van der Waals surface area contributed by atoms with Crippen LogP contribution in [0.25, 0.3) is 0 Å². The minimum Gasteiger partial charge on any atom is -0.366 e. The Bertz CT molecular complexity index is 716. The van der Waals surface area contributed by atoms with Crippen molar-refractivity contribution < 1.29 is 4.39 Å². The number of benzene rings is 2. The third kappa shape index (κ3) is 3.06. The smallest absolute Gasteiger partial charge is 0.140 e. The highest BCUT2D eigenvalue weighted by atomic mass is 35.5. The third-order valence-electron chi connectivity index (χ3n) is 2.71. The molecule has 0 aliphatic carbocycles. The molecule has 20 heavy (non-hydrogen) atoms. The van der Waals surface area contributed by atoms with Crippen molar-refractivity contribution in [1.82, 2.24) is 0 Å². The second-order valence-electron chi connectivity index (χ2n) is 4.07. The molecule has 0 aromatic heterocycles. The molecule has 2 aromatic carbocycles. The van der Waals surface area contributed by atoms with Gasteiger partial charge in [0, 0.05) is 10.7 Å². The summed E-state index contributed by atoms with van der Waals surface area (Å²) in [5, 5.41) is 21.6. The predicted octanol–water partition coefficient (Wildman–Crippen LogP) is 4.03. The molecule has 0 amide bonds. The van der Waals surface area contributed by atoms with E-state index in [4.69, 9.17) is 16.9 Å². The highest BCUT2D eigenvalue weighted by molar-refractivity contribution is 6.30. The molecule has 0 saturated heterocycles. The number of nitrogens with zero attached hydrogens (tertiary/aromatic N) is 2. The van der Waals surface area contributed by atoms with Crippen molar-refractivity contribution in [2.45, 2.75) is 6.04 Å². The molecule has 0 aliphatic heterocycles. The van der Waals surface area contributed by atoms with Crippen LogP contribution in [0.15, 0.2) is 42.5 Å². The molecule has 1 unspecified atom stereocenters. The summed E-state index contributed by atoms with van der Waals surface area (Å²) >= 11 is 5.87. The first-order valence-corrected chi connectivity index (χ1v) is 6.13. The number of halogens is 2. The first-order valence-electron chi connectivity index (χ1n) is 5.75. The van der Waals surface area contributed by atoms with Gasteiger partial charge in [0.2, 0.25) is 0 Å². The minimum absolute atomic E-state index is 0.0874. The lowest BCUT2D eigenvalue weighted by molar-refractivity contribution is 0.623. The minimum atomic E-state index is -0.693. The van der Waals surface area contributed by atoms with Gasteiger partial charge in [0.1, 0.15) is 17.9 Å². The van der Waals surface area contributed by atoms with E-state index < -0.39 is 11.9 Å². The Morgan fingerprint density at radius 3 is 2.60 bits per heavy atom. The second kappa shape index (κ2) is 6.06. The van der Waals surface area contributed by atoms with Gasteiger partial charge in [-0.15, -0.1) is 0 Å². The van der Waals surface area contributed by atoms with Gasteiger partial charge in [-0.05, 0) is 35.9 Å². The maximum absolute atomic E-state index is 13.3. The van der Waals surface area contributed by atoms with Crippen LogP contribution in [0.2, 0.25) is 5.02 Å². The molecular weight excluding hydrogens is 277 g/mol. The Balaban J connectivity index is 2.30. The van der Waals surface area contributed by atoms with E-state index in [1.807, 2.05) is 0 Å².